The lowest BCUT2D eigenvalue weighted by Gasteiger charge is -2.26. The zero-order valence-electron chi connectivity index (χ0n) is 15.6. The Morgan fingerprint density at radius 1 is 1.40 bits per heavy atom. The van der Waals surface area contributed by atoms with Crippen LogP contribution in [0.25, 0.3) is 0 Å². The Kier molecular flexibility index (Phi) is 6.96. The molecule has 1 saturated heterocycles. The molecular weight excluding hydrogens is 340 g/mol. The van der Waals surface area contributed by atoms with Crippen LogP contribution in [0, 0.1) is 0 Å². The van der Waals surface area contributed by atoms with Gasteiger partial charge in [-0.1, -0.05) is 11.6 Å². The molecule has 1 aromatic carbocycles. The molecular formula is C19H29ClN2O3. The number of amides is 1. The van der Waals surface area contributed by atoms with Gasteiger partial charge in [0.05, 0.1) is 6.61 Å². The zero-order chi connectivity index (χ0) is 18.4. The maximum absolute atomic E-state index is 11.9. The molecule has 0 spiro atoms. The van der Waals surface area contributed by atoms with Gasteiger partial charge < -0.3 is 14.8 Å². The molecule has 6 heteroatoms. The number of nitrogens with zero attached hydrogens (tertiary/aromatic N) is 1. The number of hydrogen-bond acceptors (Lipinski definition) is 4. The molecule has 0 radical (unpaired) electrons. The number of carbonyl (C=O) groups excluding carboxylic acids is 1. The summed E-state index contributed by atoms with van der Waals surface area (Å²) in [4.78, 5) is 14.2. The second-order valence-electron chi connectivity index (χ2n) is 7.33. The number of ether oxygens (including phenoxy) is 2. The summed E-state index contributed by atoms with van der Waals surface area (Å²) in [6.07, 6.45) is 1.81. The van der Waals surface area contributed by atoms with Crippen LogP contribution >= 0.6 is 11.6 Å². The summed E-state index contributed by atoms with van der Waals surface area (Å²) < 4.78 is 11.0. The number of alkyl carbamates (subject to hydrolysis) is 1. The van der Waals surface area contributed by atoms with Crippen molar-refractivity contribution in [3.05, 3.63) is 28.8 Å². The molecule has 5 nitrogen and oxygen atoms in total. The molecule has 0 unspecified atom stereocenters. The molecule has 1 heterocycles. The SMILES string of the molecule is CCOc1ccc(Cl)cc1CN1CCC[C@H]1CNC(=O)OC(C)(C)C. The molecule has 1 amide bonds. The monoisotopic (exact) mass is 368 g/mol. The third-order valence-electron chi connectivity index (χ3n) is 4.08. The lowest BCUT2D eigenvalue weighted by molar-refractivity contribution is 0.0512. The fraction of sp³-hybridized carbons (Fsp3) is 0.632. The van der Waals surface area contributed by atoms with Gasteiger partial charge in [-0.05, 0) is 65.3 Å². The molecule has 0 bridgehead atoms. The molecule has 1 atom stereocenters. The molecule has 1 fully saturated rings. The van der Waals surface area contributed by atoms with Crippen molar-refractivity contribution in [1.29, 1.82) is 0 Å². The van der Waals surface area contributed by atoms with Gasteiger partial charge in [0.1, 0.15) is 11.4 Å². The molecule has 0 saturated carbocycles. The van der Waals surface area contributed by atoms with Crippen LogP contribution in [0.1, 0.15) is 46.1 Å². The van der Waals surface area contributed by atoms with Gasteiger partial charge in [-0.2, -0.15) is 0 Å². The van der Waals surface area contributed by atoms with E-state index in [0.29, 0.717) is 24.2 Å². The Balaban J connectivity index is 1.95. The second kappa shape index (κ2) is 8.77. The lowest BCUT2D eigenvalue weighted by atomic mass is 10.1. The summed E-state index contributed by atoms with van der Waals surface area (Å²) in [5, 5.41) is 3.60. The Morgan fingerprint density at radius 2 is 2.16 bits per heavy atom. The highest BCUT2D eigenvalue weighted by Crippen LogP contribution is 2.27. The fourth-order valence-electron chi connectivity index (χ4n) is 3.04. The van der Waals surface area contributed by atoms with Crippen LogP contribution in [-0.4, -0.2) is 42.3 Å². The van der Waals surface area contributed by atoms with Crippen molar-refractivity contribution in [2.45, 2.75) is 58.7 Å². The topological polar surface area (TPSA) is 50.8 Å². The Hall–Kier alpha value is -1.46. The maximum Gasteiger partial charge on any atom is 0.407 e. The lowest BCUT2D eigenvalue weighted by Crippen LogP contribution is -2.41. The first-order valence-corrected chi connectivity index (χ1v) is 9.28. The third kappa shape index (κ3) is 6.40. The summed E-state index contributed by atoms with van der Waals surface area (Å²) in [5.41, 5.74) is 0.602. The van der Waals surface area contributed by atoms with Gasteiger partial charge in [0, 0.05) is 29.7 Å². The van der Waals surface area contributed by atoms with Crippen LogP contribution in [0.5, 0.6) is 5.75 Å². The quantitative estimate of drug-likeness (QED) is 0.816. The van der Waals surface area contributed by atoms with Crippen LogP contribution in [0.2, 0.25) is 5.02 Å². The Morgan fingerprint density at radius 3 is 2.84 bits per heavy atom. The fourth-order valence-corrected chi connectivity index (χ4v) is 3.23. The van der Waals surface area contributed by atoms with Crippen LogP contribution in [0.15, 0.2) is 18.2 Å². The van der Waals surface area contributed by atoms with E-state index in [0.717, 1.165) is 37.2 Å². The molecule has 1 aromatic rings. The van der Waals surface area contributed by atoms with E-state index in [2.05, 4.69) is 10.2 Å². The summed E-state index contributed by atoms with van der Waals surface area (Å²) in [6, 6.07) is 6.02. The molecule has 1 aliphatic rings. The maximum atomic E-state index is 11.9. The van der Waals surface area contributed by atoms with Crippen LogP contribution in [-0.2, 0) is 11.3 Å². The Labute approximate surface area is 155 Å². The highest BCUT2D eigenvalue weighted by atomic mass is 35.5. The first-order valence-electron chi connectivity index (χ1n) is 8.90. The van der Waals surface area contributed by atoms with Crippen molar-refractivity contribution in [3.63, 3.8) is 0 Å². The minimum atomic E-state index is -0.480. The zero-order valence-corrected chi connectivity index (χ0v) is 16.4. The van der Waals surface area contributed by atoms with Crippen molar-refractivity contribution in [2.75, 3.05) is 19.7 Å². The number of halogens is 1. The number of rotatable bonds is 6. The smallest absolute Gasteiger partial charge is 0.407 e. The third-order valence-corrected chi connectivity index (χ3v) is 4.31. The highest BCUT2D eigenvalue weighted by molar-refractivity contribution is 6.30. The highest BCUT2D eigenvalue weighted by Gasteiger charge is 2.26. The van der Waals surface area contributed by atoms with Gasteiger partial charge in [-0.3, -0.25) is 4.90 Å². The molecule has 1 N–H and O–H groups in total. The van der Waals surface area contributed by atoms with Crippen molar-refractivity contribution in [1.82, 2.24) is 10.2 Å². The van der Waals surface area contributed by atoms with E-state index in [-0.39, 0.29) is 6.09 Å². The van der Waals surface area contributed by atoms with Crippen LogP contribution in [0.4, 0.5) is 4.79 Å². The van der Waals surface area contributed by atoms with Crippen molar-refractivity contribution in [2.24, 2.45) is 0 Å². The van der Waals surface area contributed by atoms with Gasteiger partial charge in [-0.15, -0.1) is 0 Å². The minimum Gasteiger partial charge on any atom is -0.494 e. The second-order valence-corrected chi connectivity index (χ2v) is 7.77. The van der Waals surface area contributed by atoms with E-state index >= 15 is 0 Å². The minimum absolute atomic E-state index is 0.293. The molecule has 1 aliphatic heterocycles. The largest absolute Gasteiger partial charge is 0.494 e. The summed E-state index contributed by atoms with van der Waals surface area (Å²) >= 11 is 6.16. The molecule has 140 valence electrons. The number of likely N-dealkylation sites (tertiary alicyclic amines) is 1. The van der Waals surface area contributed by atoms with E-state index in [4.69, 9.17) is 21.1 Å². The number of nitrogens with one attached hydrogen (secondary N) is 1. The van der Waals surface area contributed by atoms with Crippen molar-refractivity contribution < 1.29 is 14.3 Å². The predicted molar refractivity (Wildman–Crippen MR) is 100 cm³/mol. The van der Waals surface area contributed by atoms with E-state index in [1.807, 2.05) is 45.9 Å². The molecule has 0 aliphatic carbocycles. The van der Waals surface area contributed by atoms with E-state index in [1.165, 1.54) is 0 Å². The molecule has 2 rings (SSSR count). The van der Waals surface area contributed by atoms with Gasteiger partial charge in [0.25, 0.3) is 0 Å². The number of hydrogen-bond donors (Lipinski definition) is 1. The van der Waals surface area contributed by atoms with Crippen LogP contribution in [0.3, 0.4) is 0 Å². The van der Waals surface area contributed by atoms with Gasteiger partial charge in [0.2, 0.25) is 0 Å². The average molecular weight is 369 g/mol. The summed E-state index contributed by atoms with van der Waals surface area (Å²) in [7, 11) is 0. The standard InChI is InChI=1S/C19H29ClN2O3/c1-5-24-17-9-8-15(20)11-14(17)13-22-10-6-7-16(22)12-21-18(23)25-19(2,3)4/h8-9,11,16H,5-7,10,12-13H2,1-4H3,(H,21,23)/t16-/m0/s1. The van der Waals surface area contributed by atoms with Crippen molar-refractivity contribution in [3.8, 4) is 5.75 Å². The van der Waals surface area contributed by atoms with Crippen molar-refractivity contribution >= 4 is 17.7 Å². The van der Waals surface area contributed by atoms with Gasteiger partial charge in [0.15, 0.2) is 0 Å². The van der Waals surface area contributed by atoms with Gasteiger partial charge >= 0.3 is 6.09 Å². The molecule has 0 aromatic heterocycles. The van der Waals surface area contributed by atoms with Crippen LogP contribution < -0.4 is 10.1 Å². The first-order chi connectivity index (χ1) is 11.8. The first kappa shape index (κ1) is 19.9. The van der Waals surface area contributed by atoms with E-state index in [1.54, 1.807) is 0 Å². The summed E-state index contributed by atoms with van der Waals surface area (Å²) in [6.45, 7) is 10.5. The Bertz CT molecular complexity index is 587. The molecule has 25 heavy (non-hydrogen) atoms. The van der Waals surface area contributed by atoms with E-state index < -0.39 is 5.60 Å². The van der Waals surface area contributed by atoms with E-state index in [9.17, 15) is 4.79 Å². The average Bonchev–Trinajstić information content (AvgIpc) is 2.93. The number of benzene rings is 1. The summed E-state index contributed by atoms with van der Waals surface area (Å²) in [5.74, 6) is 0.873. The van der Waals surface area contributed by atoms with Gasteiger partial charge in [-0.25, -0.2) is 4.79 Å². The normalized spacial score (nSPS) is 18.2. The predicted octanol–water partition coefficient (Wildman–Crippen LogP) is 4.23. The number of carbonyl (C=O) groups is 1.